The number of carbonyl (C=O) groups excluding carboxylic acids is 1. The van der Waals surface area contributed by atoms with Gasteiger partial charge >= 0.3 is 0 Å². The Bertz CT molecular complexity index is 706. The maximum atomic E-state index is 12.1. The van der Waals surface area contributed by atoms with E-state index in [4.69, 9.17) is 0 Å². The fourth-order valence-corrected chi connectivity index (χ4v) is 2.82. The molecule has 0 fully saturated rings. The van der Waals surface area contributed by atoms with E-state index < -0.39 is 4.92 Å². The van der Waals surface area contributed by atoms with E-state index in [0.717, 1.165) is 4.90 Å². The topological polar surface area (TPSA) is 92.5 Å². The van der Waals surface area contributed by atoms with Gasteiger partial charge in [0.1, 0.15) is 5.75 Å². The van der Waals surface area contributed by atoms with Crippen molar-refractivity contribution >= 4 is 23.4 Å². The number of hydrogen-bond donors (Lipinski definition) is 2. The molecule has 7 heteroatoms. The van der Waals surface area contributed by atoms with Crippen molar-refractivity contribution in [1.82, 2.24) is 5.32 Å². The number of hydrogen-bond acceptors (Lipinski definition) is 5. The van der Waals surface area contributed by atoms with Crippen LogP contribution in [0.3, 0.4) is 0 Å². The van der Waals surface area contributed by atoms with Crippen LogP contribution in [-0.4, -0.2) is 21.2 Å². The lowest BCUT2D eigenvalue weighted by atomic mass is 10.1. The molecule has 2 rings (SSSR count). The lowest BCUT2D eigenvalue weighted by Gasteiger charge is -2.12. The van der Waals surface area contributed by atoms with Crippen LogP contribution < -0.4 is 5.32 Å². The highest BCUT2D eigenvalue weighted by Gasteiger charge is 2.16. The molecule has 0 spiro atoms. The molecule has 1 amide bonds. The van der Waals surface area contributed by atoms with Gasteiger partial charge < -0.3 is 10.4 Å². The quantitative estimate of drug-likeness (QED) is 0.482. The van der Waals surface area contributed by atoms with E-state index in [-0.39, 0.29) is 29.1 Å². The van der Waals surface area contributed by atoms with Crippen LogP contribution in [0.5, 0.6) is 5.75 Å². The first-order valence-corrected chi connectivity index (χ1v) is 7.81. The van der Waals surface area contributed by atoms with E-state index in [1.54, 1.807) is 6.92 Å². The zero-order valence-electron chi connectivity index (χ0n) is 12.4. The van der Waals surface area contributed by atoms with Gasteiger partial charge in [-0.2, -0.15) is 0 Å². The predicted octanol–water partition coefficient (Wildman–Crippen LogP) is 3.10. The van der Waals surface area contributed by atoms with Crippen LogP contribution in [-0.2, 0) is 11.3 Å². The molecule has 0 aliphatic rings. The second-order valence-corrected chi connectivity index (χ2v) is 6.28. The van der Waals surface area contributed by atoms with Crippen molar-refractivity contribution in [3.63, 3.8) is 0 Å². The molecule has 0 bridgehead atoms. The van der Waals surface area contributed by atoms with Crippen molar-refractivity contribution in [1.29, 1.82) is 0 Å². The number of nitro benzene ring substituents is 1. The van der Waals surface area contributed by atoms with Crippen LogP contribution >= 0.6 is 11.8 Å². The van der Waals surface area contributed by atoms with Gasteiger partial charge in [-0.25, -0.2) is 0 Å². The van der Waals surface area contributed by atoms with Crippen LogP contribution in [0.25, 0.3) is 0 Å². The molecule has 0 aromatic heterocycles. The van der Waals surface area contributed by atoms with Crippen LogP contribution in [0.15, 0.2) is 53.4 Å². The molecule has 0 heterocycles. The number of carbonyl (C=O) groups is 1. The highest BCUT2D eigenvalue weighted by molar-refractivity contribution is 8.00. The third-order valence-electron chi connectivity index (χ3n) is 3.15. The van der Waals surface area contributed by atoms with Crippen molar-refractivity contribution in [2.75, 3.05) is 0 Å². The predicted molar refractivity (Wildman–Crippen MR) is 88.4 cm³/mol. The number of thioether (sulfide) groups is 1. The molecule has 1 atom stereocenters. The van der Waals surface area contributed by atoms with Gasteiger partial charge in [0.2, 0.25) is 5.91 Å². The number of nitrogens with zero attached hydrogens (tertiary/aromatic N) is 1. The summed E-state index contributed by atoms with van der Waals surface area (Å²) in [7, 11) is 0. The maximum Gasteiger partial charge on any atom is 0.270 e. The highest BCUT2D eigenvalue weighted by atomic mass is 32.2. The highest BCUT2D eigenvalue weighted by Crippen LogP contribution is 2.24. The summed E-state index contributed by atoms with van der Waals surface area (Å²) in [4.78, 5) is 23.3. The number of nitrogens with one attached hydrogen (secondary N) is 1. The smallest absolute Gasteiger partial charge is 0.270 e. The molecule has 0 saturated carbocycles. The Hall–Kier alpha value is -2.54. The summed E-state index contributed by atoms with van der Waals surface area (Å²) in [5.41, 5.74) is 0.184. The second kappa shape index (κ2) is 7.64. The first kappa shape index (κ1) is 16.8. The van der Waals surface area contributed by atoms with Crippen molar-refractivity contribution in [2.24, 2.45) is 0 Å². The minimum atomic E-state index is -0.543. The monoisotopic (exact) mass is 332 g/mol. The first-order valence-electron chi connectivity index (χ1n) is 6.93. The van der Waals surface area contributed by atoms with Crippen molar-refractivity contribution in [3.8, 4) is 5.75 Å². The van der Waals surface area contributed by atoms with Crippen LogP contribution in [0, 0.1) is 10.1 Å². The summed E-state index contributed by atoms with van der Waals surface area (Å²) in [6, 6.07) is 13.3. The van der Waals surface area contributed by atoms with Crippen LogP contribution in [0.2, 0.25) is 0 Å². The summed E-state index contributed by atoms with van der Waals surface area (Å²) >= 11 is 1.42. The second-order valence-electron chi connectivity index (χ2n) is 4.86. The third kappa shape index (κ3) is 4.72. The lowest BCUT2D eigenvalue weighted by Crippen LogP contribution is -2.30. The molecular formula is C16H16N2O4S. The van der Waals surface area contributed by atoms with Gasteiger partial charge in [-0.1, -0.05) is 18.2 Å². The molecule has 120 valence electrons. The Morgan fingerprint density at radius 1 is 1.30 bits per heavy atom. The summed E-state index contributed by atoms with van der Waals surface area (Å²) < 4.78 is 0. The number of rotatable bonds is 6. The average Bonchev–Trinajstić information content (AvgIpc) is 2.54. The summed E-state index contributed by atoms with van der Waals surface area (Å²) in [5, 5.41) is 22.8. The first-order chi connectivity index (χ1) is 11.0. The third-order valence-corrected chi connectivity index (χ3v) is 4.26. The molecule has 0 radical (unpaired) electrons. The van der Waals surface area contributed by atoms with E-state index in [1.807, 2.05) is 30.3 Å². The van der Waals surface area contributed by atoms with Gasteiger partial charge in [-0.3, -0.25) is 14.9 Å². The van der Waals surface area contributed by atoms with Gasteiger partial charge in [-0.05, 0) is 25.1 Å². The van der Waals surface area contributed by atoms with Crippen molar-refractivity contribution in [2.45, 2.75) is 23.6 Å². The molecule has 23 heavy (non-hydrogen) atoms. The van der Waals surface area contributed by atoms with Crippen molar-refractivity contribution < 1.29 is 14.8 Å². The molecule has 0 aliphatic carbocycles. The average molecular weight is 332 g/mol. The number of benzene rings is 2. The van der Waals surface area contributed by atoms with Gasteiger partial charge in [0.15, 0.2) is 0 Å². The van der Waals surface area contributed by atoms with E-state index in [9.17, 15) is 20.0 Å². The lowest BCUT2D eigenvalue weighted by molar-refractivity contribution is -0.384. The zero-order chi connectivity index (χ0) is 16.8. The molecular weight excluding hydrogens is 316 g/mol. The largest absolute Gasteiger partial charge is 0.508 e. The fraction of sp³-hybridized carbons (Fsp3) is 0.188. The number of phenolic OH excluding ortho intramolecular Hbond substituents is 1. The SMILES string of the molecule is C[C@@H](Sc1ccccc1)C(=O)NCc1cc([N+](=O)[O-])ccc1O. The standard InChI is InChI=1S/C16H16N2O4S/c1-11(23-14-5-3-2-4-6-14)16(20)17-10-12-9-13(18(21)22)7-8-15(12)19/h2-9,11,19H,10H2,1H3,(H,17,20)/t11-/m1/s1. The molecule has 6 nitrogen and oxygen atoms in total. The summed E-state index contributed by atoms with van der Waals surface area (Å²) in [6.45, 7) is 1.81. The minimum Gasteiger partial charge on any atom is -0.508 e. The van der Waals surface area contributed by atoms with E-state index in [0.29, 0.717) is 5.56 Å². The Balaban J connectivity index is 1.96. The minimum absolute atomic E-state index is 0.0338. The normalized spacial score (nSPS) is 11.7. The number of phenols is 1. The number of aromatic hydroxyl groups is 1. The number of nitro groups is 1. The number of non-ortho nitro benzene ring substituents is 1. The Labute approximate surface area is 137 Å². The fourth-order valence-electron chi connectivity index (χ4n) is 1.91. The van der Waals surface area contributed by atoms with E-state index in [2.05, 4.69) is 5.32 Å². The number of amides is 1. The van der Waals surface area contributed by atoms with Crippen molar-refractivity contribution in [3.05, 3.63) is 64.2 Å². The van der Waals surface area contributed by atoms with Gasteiger partial charge in [0, 0.05) is 29.1 Å². The van der Waals surface area contributed by atoms with Crippen LogP contribution in [0.1, 0.15) is 12.5 Å². The van der Waals surface area contributed by atoms with E-state index in [1.165, 1.54) is 30.0 Å². The summed E-state index contributed by atoms with van der Waals surface area (Å²) in [5.74, 6) is -0.288. The van der Waals surface area contributed by atoms with E-state index >= 15 is 0 Å². The Morgan fingerprint density at radius 2 is 2.00 bits per heavy atom. The molecule has 0 unspecified atom stereocenters. The molecule has 0 saturated heterocycles. The molecule has 2 aromatic rings. The maximum absolute atomic E-state index is 12.1. The van der Waals surface area contributed by atoms with Gasteiger partial charge in [-0.15, -0.1) is 11.8 Å². The zero-order valence-corrected chi connectivity index (χ0v) is 13.2. The summed E-state index contributed by atoms with van der Waals surface area (Å²) in [6.07, 6.45) is 0. The van der Waals surface area contributed by atoms with Crippen LogP contribution in [0.4, 0.5) is 5.69 Å². The van der Waals surface area contributed by atoms with Gasteiger partial charge in [0.25, 0.3) is 5.69 Å². The van der Waals surface area contributed by atoms with Gasteiger partial charge in [0.05, 0.1) is 10.2 Å². The molecule has 2 N–H and O–H groups in total. The Kier molecular flexibility index (Phi) is 5.59. The molecule has 0 aliphatic heterocycles. The Morgan fingerprint density at radius 3 is 2.65 bits per heavy atom. The molecule has 2 aromatic carbocycles.